The highest BCUT2D eigenvalue weighted by Crippen LogP contribution is 1.99. The minimum atomic E-state index is -1.02. The van der Waals surface area contributed by atoms with Crippen LogP contribution in [0, 0.1) is 5.92 Å². The summed E-state index contributed by atoms with van der Waals surface area (Å²) in [7, 11) is 0. The molecule has 0 aromatic carbocycles. The first-order valence-electron chi connectivity index (χ1n) is 6.68. The van der Waals surface area contributed by atoms with Crippen molar-refractivity contribution in [3.05, 3.63) is 0 Å². The van der Waals surface area contributed by atoms with Gasteiger partial charge in [0.1, 0.15) is 6.54 Å². The molecule has 0 aliphatic heterocycles. The average Bonchev–Trinajstić information content (AvgIpc) is 2.29. The van der Waals surface area contributed by atoms with Crippen LogP contribution in [0.25, 0.3) is 0 Å². The van der Waals surface area contributed by atoms with Crippen LogP contribution in [0.5, 0.6) is 0 Å². The molecule has 2 amide bonds. The van der Waals surface area contributed by atoms with E-state index in [1.54, 1.807) is 13.8 Å². The standard InChI is InChI=1S/C13H26N2O4/c1-10(2)5-7-19-8-6-14-13(18)15(11(3)4)9-12(16)17/h10-11H,5-9H2,1-4H3,(H,14,18)(H,16,17). The molecule has 0 atom stereocenters. The van der Waals surface area contributed by atoms with Crippen LogP contribution in [0.4, 0.5) is 4.79 Å². The third-order valence-corrected chi connectivity index (χ3v) is 2.55. The summed E-state index contributed by atoms with van der Waals surface area (Å²) in [5.41, 5.74) is 0. The molecular weight excluding hydrogens is 248 g/mol. The highest BCUT2D eigenvalue weighted by Gasteiger charge is 2.18. The first-order chi connectivity index (χ1) is 8.84. The van der Waals surface area contributed by atoms with Crippen LogP contribution in [-0.4, -0.2) is 54.4 Å². The maximum absolute atomic E-state index is 11.8. The minimum Gasteiger partial charge on any atom is -0.480 e. The molecule has 0 radical (unpaired) electrons. The van der Waals surface area contributed by atoms with Gasteiger partial charge in [-0.25, -0.2) is 4.79 Å². The third-order valence-electron chi connectivity index (χ3n) is 2.55. The summed E-state index contributed by atoms with van der Waals surface area (Å²) in [6.45, 7) is 9.02. The second-order valence-electron chi connectivity index (χ2n) is 5.14. The van der Waals surface area contributed by atoms with Crippen molar-refractivity contribution in [3.63, 3.8) is 0 Å². The molecular formula is C13H26N2O4. The summed E-state index contributed by atoms with van der Waals surface area (Å²) in [5.74, 6) is -0.418. The van der Waals surface area contributed by atoms with Crippen LogP contribution in [-0.2, 0) is 9.53 Å². The number of amides is 2. The lowest BCUT2D eigenvalue weighted by Gasteiger charge is -2.25. The Bertz CT molecular complexity index is 280. The summed E-state index contributed by atoms with van der Waals surface area (Å²) in [4.78, 5) is 23.7. The number of nitrogens with zero attached hydrogens (tertiary/aromatic N) is 1. The van der Waals surface area contributed by atoms with E-state index in [0.717, 1.165) is 6.42 Å². The SMILES string of the molecule is CC(C)CCOCCNC(=O)N(CC(=O)O)C(C)C. The third kappa shape index (κ3) is 9.30. The van der Waals surface area contributed by atoms with Crippen molar-refractivity contribution in [2.24, 2.45) is 5.92 Å². The average molecular weight is 274 g/mol. The Morgan fingerprint density at radius 2 is 1.84 bits per heavy atom. The van der Waals surface area contributed by atoms with E-state index in [2.05, 4.69) is 19.2 Å². The van der Waals surface area contributed by atoms with Gasteiger partial charge in [-0.05, 0) is 26.2 Å². The van der Waals surface area contributed by atoms with Crippen molar-refractivity contribution in [3.8, 4) is 0 Å². The Morgan fingerprint density at radius 1 is 1.21 bits per heavy atom. The largest absolute Gasteiger partial charge is 0.480 e. The van der Waals surface area contributed by atoms with Crippen LogP contribution in [0.15, 0.2) is 0 Å². The molecule has 0 fully saturated rings. The Morgan fingerprint density at radius 3 is 2.32 bits per heavy atom. The van der Waals surface area contributed by atoms with Crippen molar-refractivity contribution in [2.75, 3.05) is 26.3 Å². The first kappa shape index (κ1) is 17.7. The van der Waals surface area contributed by atoms with Crippen LogP contribution in [0.3, 0.4) is 0 Å². The molecule has 6 nitrogen and oxygen atoms in total. The van der Waals surface area contributed by atoms with Gasteiger partial charge in [-0.2, -0.15) is 0 Å². The molecule has 2 N–H and O–H groups in total. The Kier molecular flexibility index (Phi) is 8.95. The fourth-order valence-electron chi connectivity index (χ4n) is 1.39. The number of carbonyl (C=O) groups is 2. The zero-order chi connectivity index (χ0) is 14.8. The molecule has 0 spiro atoms. The fraction of sp³-hybridized carbons (Fsp3) is 0.846. The van der Waals surface area contributed by atoms with Gasteiger partial charge in [0, 0.05) is 19.2 Å². The van der Waals surface area contributed by atoms with E-state index in [1.807, 2.05) is 0 Å². The van der Waals surface area contributed by atoms with Crippen molar-refractivity contribution in [1.29, 1.82) is 0 Å². The van der Waals surface area contributed by atoms with E-state index < -0.39 is 5.97 Å². The van der Waals surface area contributed by atoms with Crippen molar-refractivity contribution in [2.45, 2.75) is 40.2 Å². The number of rotatable bonds is 9. The van der Waals surface area contributed by atoms with Gasteiger partial charge in [0.25, 0.3) is 0 Å². The lowest BCUT2D eigenvalue weighted by Crippen LogP contribution is -2.47. The van der Waals surface area contributed by atoms with E-state index in [4.69, 9.17) is 9.84 Å². The molecule has 0 unspecified atom stereocenters. The number of urea groups is 1. The van der Waals surface area contributed by atoms with E-state index in [1.165, 1.54) is 4.90 Å². The summed E-state index contributed by atoms with van der Waals surface area (Å²) >= 11 is 0. The topological polar surface area (TPSA) is 78.9 Å². The van der Waals surface area contributed by atoms with Gasteiger partial charge in [-0.3, -0.25) is 4.79 Å². The summed E-state index contributed by atoms with van der Waals surface area (Å²) < 4.78 is 5.37. The lowest BCUT2D eigenvalue weighted by molar-refractivity contribution is -0.138. The molecule has 0 aliphatic rings. The number of carboxylic acids is 1. The number of aliphatic carboxylic acids is 1. The van der Waals surface area contributed by atoms with Gasteiger partial charge >= 0.3 is 12.0 Å². The van der Waals surface area contributed by atoms with Crippen molar-refractivity contribution < 1.29 is 19.4 Å². The van der Waals surface area contributed by atoms with Gasteiger partial charge in [-0.1, -0.05) is 13.8 Å². The summed E-state index contributed by atoms with van der Waals surface area (Å²) in [6, 6.07) is -0.525. The predicted octanol–water partition coefficient (Wildman–Crippen LogP) is 1.55. The van der Waals surface area contributed by atoms with Crippen molar-refractivity contribution in [1.82, 2.24) is 10.2 Å². The first-order valence-corrected chi connectivity index (χ1v) is 6.68. The van der Waals surface area contributed by atoms with Gasteiger partial charge < -0.3 is 20.1 Å². The molecule has 0 aliphatic carbocycles. The Balaban J connectivity index is 3.84. The summed E-state index contributed by atoms with van der Waals surface area (Å²) in [6.07, 6.45) is 0.991. The monoisotopic (exact) mass is 274 g/mol. The molecule has 0 saturated heterocycles. The zero-order valence-corrected chi connectivity index (χ0v) is 12.3. The Labute approximate surface area is 115 Å². The number of hydrogen-bond donors (Lipinski definition) is 2. The maximum Gasteiger partial charge on any atom is 0.323 e. The van der Waals surface area contributed by atoms with Gasteiger partial charge in [0.15, 0.2) is 0 Å². The van der Waals surface area contributed by atoms with E-state index in [9.17, 15) is 9.59 Å². The lowest BCUT2D eigenvalue weighted by atomic mass is 10.1. The second-order valence-corrected chi connectivity index (χ2v) is 5.14. The van der Waals surface area contributed by atoms with E-state index >= 15 is 0 Å². The van der Waals surface area contributed by atoms with Crippen LogP contribution < -0.4 is 5.32 Å². The number of hydrogen-bond acceptors (Lipinski definition) is 3. The molecule has 0 bridgehead atoms. The molecule has 0 aromatic heterocycles. The fourth-order valence-corrected chi connectivity index (χ4v) is 1.39. The maximum atomic E-state index is 11.8. The molecule has 0 rings (SSSR count). The predicted molar refractivity (Wildman–Crippen MR) is 73.2 cm³/mol. The molecule has 0 saturated carbocycles. The summed E-state index contributed by atoms with van der Waals surface area (Å²) in [5, 5.41) is 11.4. The molecule has 0 aromatic rings. The highest BCUT2D eigenvalue weighted by atomic mass is 16.5. The van der Waals surface area contributed by atoms with Crippen LogP contribution in [0.1, 0.15) is 34.1 Å². The van der Waals surface area contributed by atoms with E-state index in [-0.39, 0.29) is 18.6 Å². The van der Waals surface area contributed by atoms with Gasteiger partial charge in [0.2, 0.25) is 0 Å². The minimum absolute atomic E-state index is 0.155. The van der Waals surface area contributed by atoms with Gasteiger partial charge in [-0.15, -0.1) is 0 Å². The molecule has 6 heteroatoms. The second kappa shape index (κ2) is 9.61. The normalized spacial score (nSPS) is 10.8. The number of carbonyl (C=O) groups excluding carboxylic acids is 1. The highest BCUT2D eigenvalue weighted by molar-refractivity contribution is 5.80. The van der Waals surface area contributed by atoms with Crippen LogP contribution in [0.2, 0.25) is 0 Å². The molecule has 19 heavy (non-hydrogen) atoms. The number of nitrogens with one attached hydrogen (secondary N) is 1. The number of carboxylic acid groups (broad SMARTS) is 1. The smallest absolute Gasteiger partial charge is 0.323 e. The zero-order valence-electron chi connectivity index (χ0n) is 12.3. The van der Waals surface area contributed by atoms with Crippen LogP contribution >= 0.6 is 0 Å². The Hall–Kier alpha value is -1.30. The molecule has 0 heterocycles. The number of ether oxygens (including phenoxy) is 1. The quantitative estimate of drug-likeness (QED) is 0.625. The van der Waals surface area contributed by atoms with Gasteiger partial charge in [0.05, 0.1) is 6.61 Å². The van der Waals surface area contributed by atoms with Crippen molar-refractivity contribution >= 4 is 12.0 Å². The molecule has 112 valence electrons. The van der Waals surface area contributed by atoms with E-state index in [0.29, 0.717) is 25.7 Å².